The van der Waals surface area contributed by atoms with E-state index in [1.807, 2.05) is 19.9 Å². The van der Waals surface area contributed by atoms with Crippen LogP contribution in [0, 0.1) is 11.7 Å². The number of rotatable bonds is 4. The third kappa shape index (κ3) is 2.53. The highest BCUT2D eigenvalue weighted by Crippen LogP contribution is 2.40. The Morgan fingerprint density at radius 3 is 2.69 bits per heavy atom. The molecule has 88 valence electrons. The fourth-order valence-electron chi connectivity index (χ4n) is 1.72. The summed E-state index contributed by atoms with van der Waals surface area (Å²) in [5, 5.41) is 0. The first-order chi connectivity index (χ1) is 7.58. The minimum absolute atomic E-state index is 0.210. The van der Waals surface area contributed by atoms with Gasteiger partial charge in [0.05, 0.1) is 6.61 Å². The van der Waals surface area contributed by atoms with Crippen LogP contribution >= 0.6 is 0 Å². The largest absolute Gasteiger partial charge is 0.490 e. The molecule has 0 saturated heterocycles. The van der Waals surface area contributed by atoms with Gasteiger partial charge in [-0.1, -0.05) is 19.9 Å². The van der Waals surface area contributed by atoms with Gasteiger partial charge in [0.1, 0.15) is 0 Å². The number of hydrogen-bond donors (Lipinski definition) is 1. The Morgan fingerprint density at radius 1 is 1.50 bits per heavy atom. The van der Waals surface area contributed by atoms with E-state index >= 15 is 0 Å². The van der Waals surface area contributed by atoms with Crippen molar-refractivity contribution in [3.05, 3.63) is 29.6 Å². The predicted octanol–water partition coefficient (Wildman–Crippen LogP) is 2.68. The number of benzene rings is 1. The van der Waals surface area contributed by atoms with Crippen LogP contribution < -0.4 is 10.5 Å². The Bertz CT molecular complexity index is 378. The maximum absolute atomic E-state index is 13.6. The van der Waals surface area contributed by atoms with Gasteiger partial charge in [-0.3, -0.25) is 0 Å². The first-order valence-electron chi connectivity index (χ1n) is 5.75. The van der Waals surface area contributed by atoms with Crippen molar-refractivity contribution >= 4 is 0 Å². The van der Waals surface area contributed by atoms with Crippen LogP contribution in [0.25, 0.3) is 0 Å². The molecule has 2 N–H and O–H groups in total. The lowest BCUT2D eigenvalue weighted by molar-refractivity contribution is 0.259. The van der Waals surface area contributed by atoms with Crippen LogP contribution in [-0.4, -0.2) is 12.6 Å². The van der Waals surface area contributed by atoms with Crippen LogP contribution in [0.4, 0.5) is 4.39 Å². The van der Waals surface area contributed by atoms with E-state index in [0.29, 0.717) is 24.2 Å². The number of nitrogens with two attached hydrogens (primary N) is 1. The molecule has 0 amide bonds. The van der Waals surface area contributed by atoms with E-state index in [1.165, 1.54) is 0 Å². The van der Waals surface area contributed by atoms with Crippen molar-refractivity contribution in [2.45, 2.75) is 32.2 Å². The molecule has 1 aromatic rings. The Kier molecular flexibility index (Phi) is 3.15. The zero-order valence-electron chi connectivity index (χ0n) is 9.74. The smallest absolute Gasteiger partial charge is 0.165 e. The Balaban J connectivity index is 2.05. The zero-order chi connectivity index (χ0) is 11.7. The first kappa shape index (κ1) is 11.4. The van der Waals surface area contributed by atoms with Gasteiger partial charge in [-0.15, -0.1) is 0 Å². The summed E-state index contributed by atoms with van der Waals surface area (Å²) in [7, 11) is 0. The summed E-state index contributed by atoms with van der Waals surface area (Å²) < 4.78 is 19.0. The first-order valence-corrected chi connectivity index (χ1v) is 5.75. The van der Waals surface area contributed by atoms with Crippen molar-refractivity contribution < 1.29 is 9.13 Å². The second kappa shape index (κ2) is 4.42. The molecule has 1 aliphatic rings. The van der Waals surface area contributed by atoms with Gasteiger partial charge in [-0.2, -0.15) is 0 Å². The molecule has 0 radical (unpaired) electrons. The van der Waals surface area contributed by atoms with Crippen LogP contribution in [0.15, 0.2) is 18.2 Å². The molecule has 2 rings (SSSR count). The molecule has 16 heavy (non-hydrogen) atoms. The van der Waals surface area contributed by atoms with Crippen LogP contribution in [0.3, 0.4) is 0 Å². The fourth-order valence-corrected chi connectivity index (χ4v) is 1.72. The van der Waals surface area contributed by atoms with Gasteiger partial charge in [0.25, 0.3) is 0 Å². The van der Waals surface area contributed by atoms with E-state index in [9.17, 15) is 4.39 Å². The second-order valence-corrected chi connectivity index (χ2v) is 4.90. The summed E-state index contributed by atoms with van der Waals surface area (Å²) in [5.74, 6) is 0.800. The minimum Gasteiger partial charge on any atom is -0.490 e. The summed E-state index contributed by atoms with van der Waals surface area (Å²) in [6, 6.07) is 5.38. The number of ether oxygens (including phenoxy) is 1. The average molecular weight is 223 g/mol. The van der Waals surface area contributed by atoms with Crippen molar-refractivity contribution in [3.8, 4) is 5.75 Å². The third-order valence-electron chi connectivity index (χ3n) is 2.80. The fraction of sp³-hybridized carbons (Fsp3) is 0.538. The molecule has 0 heterocycles. The Hall–Kier alpha value is -1.09. The van der Waals surface area contributed by atoms with E-state index < -0.39 is 0 Å². The average Bonchev–Trinajstić information content (AvgIpc) is 2.93. The SMILES string of the molecule is CC(C)COc1ccc(C2CC2N)cc1F. The van der Waals surface area contributed by atoms with Gasteiger partial charge >= 0.3 is 0 Å². The van der Waals surface area contributed by atoms with Crippen LogP contribution in [0.5, 0.6) is 5.75 Å². The maximum atomic E-state index is 13.6. The molecule has 1 saturated carbocycles. The summed E-state index contributed by atoms with van der Waals surface area (Å²) in [6.07, 6.45) is 0.964. The molecule has 3 heteroatoms. The lowest BCUT2D eigenvalue weighted by atomic mass is 10.1. The summed E-state index contributed by atoms with van der Waals surface area (Å²) >= 11 is 0. The number of hydrogen-bond acceptors (Lipinski definition) is 2. The molecule has 2 atom stereocenters. The molecular weight excluding hydrogens is 205 g/mol. The molecule has 0 aliphatic heterocycles. The minimum atomic E-state index is -0.280. The van der Waals surface area contributed by atoms with Crippen molar-refractivity contribution in [1.29, 1.82) is 0 Å². The summed E-state index contributed by atoms with van der Waals surface area (Å²) in [5.41, 5.74) is 6.72. The van der Waals surface area contributed by atoms with Crippen molar-refractivity contribution in [1.82, 2.24) is 0 Å². The highest BCUT2D eigenvalue weighted by atomic mass is 19.1. The van der Waals surface area contributed by atoms with Gasteiger partial charge < -0.3 is 10.5 Å². The molecule has 2 nitrogen and oxygen atoms in total. The van der Waals surface area contributed by atoms with Gasteiger partial charge in [-0.05, 0) is 30.0 Å². The van der Waals surface area contributed by atoms with Crippen molar-refractivity contribution in [2.75, 3.05) is 6.61 Å². The van der Waals surface area contributed by atoms with Gasteiger partial charge in [0.2, 0.25) is 0 Å². The highest BCUT2D eigenvalue weighted by molar-refractivity contribution is 5.34. The zero-order valence-corrected chi connectivity index (χ0v) is 9.74. The van der Waals surface area contributed by atoms with Crippen molar-refractivity contribution in [3.63, 3.8) is 0 Å². The Labute approximate surface area is 95.6 Å². The van der Waals surface area contributed by atoms with E-state index in [2.05, 4.69) is 0 Å². The van der Waals surface area contributed by atoms with E-state index in [1.54, 1.807) is 12.1 Å². The second-order valence-electron chi connectivity index (χ2n) is 4.90. The molecular formula is C13H18FNO. The molecule has 0 spiro atoms. The van der Waals surface area contributed by atoms with Crippen molar-refractivity contribution in [2.24, 2.45) is 11.7 Å². The van der Waals surface area contributed by atoms with E-state index in [-0.39, 0.29) is 11.9 Å². The molecule has 1 aliphatic carbocycles. The van der Waals surface area contributed by atoms with Crippen LogP contribution in [0.2, 0.25) is 0 Å². The molecule has 1 aromatic carbocycles. The highest BCUT2D eigenvalue weighted by Gasteiger charge is 2.35. The van der Waals surface area contributed by atoms with Gasteiger partial charge in [0, 0.05) is 12.0 Å². The van der Waals surface area contributed by atoms with Gasteiger partial charge in [0.15, 0.2) is 11.6 Å². The third-order valence-corrected chi connectivity index (χ3v) is 2.80. The van der Waals surface area contributed by atoms with Gasteiger partial charge in [-0.25, -0.2) is 4.39 Å². The maximum Gasteiger partial charge on any atom is 0.165 e. The lowest BCUT2D eigenvalue weighted by Gasteiger charge is -2.10. The molecule has 0 bridgehead atoms. The number of halogens is 1. The molecule has 0 aromatic heterocycles. The lowest BCUT2D eigenvalue weighted by Crippen LogP contribution is -2.06. The monoisotopic (exact) mass is 223 g/mol. The summed E-state index contributed by atoms with van der Waals surface area (Å²) in [4.78, 5) is 0. The summed E-state index contributed by atoms with van der Waals surface area (Å²) in [6.45, 7) is 4.62. The van der Waals surface area contributed by atoms with Crippen LogP contribution in [-0.2, 0) is 0 Å². The molecule has 2 unspecified atom stereocenters. The van der Waals surface area contributed by atoms with E-state index in [0.717, 1.165) is 12.0 Å². The predicted molar refractivity (Wildman–Crippen MR) is 62.1 cm³/mol. The quantitative estimate of drug-likeness (QED) is 0.851. The van der Waals surface area contributed by atoms with E-state index in [4.69, 9.17) is 10.5 Å². The normalized spacial score (nSPS) is 23.6. The molecule has 1 fully saturated rings. The Morgan fingerprint density at radius 2 is 2.19 bits per heavy atom. The van der Waals surface area contributed by atoms with Crippen LogP contribution in [0.1, 0.15) is 31.7 Å². The standard InChI is InChI=1S/C13H18FNO/c1-8(2)7-16-13-4-3-9(5-11(13)14)10-6-12(10)15/h3-5,8,10,12H,6-7,15H2,1-2H3. The topological polar surface area (TPSA) is 35.2 Å².